The van der Waals surface area contributed by atoms with E-state index in [4.69, 9.17) is 16.9 Å². The monoisotopic (exact) mass is 200 g/mol. The maximum absolute atomic E-state index is 10.9. The second-order valence-electron chi connectivity index (χ2n) is 2.20. The first-order valence-corrected chi connectivity index (χ1v) is 3.68. The molecule has 0 aliphatic heterocycles. The van der Waals surface area contributed by atoms with Gasteiger partial charge in [0.1, 0.15) is 0 Å². The van der Waals surface area contributed by atoms with Crippen molar-refractivity contribution in [1.29, 1.82) is 0 Å². The van der Waals surface area contributed by atoms with E-state index in [0.717, 1.165) is 0 Å². The van der Waals surface area contributed by atoms with Crippen molar-refractivity contribution >= 4 is 23.9 Å². The number of benzene rings is 1. The van der Waals surface area contributed by atoms with Crippen LogP contribution in [0.15, 0.2) is 18.2 Å². The zero-order chi connectivity index (χ0) is 9.84. The number of halogens is 1. The van der Waals surface area contributed by atoms with Gasteiger partial charge in [-0.1, -0.05) is 17.7 Å². The molecule has 0 amide bonds. The smallest absolute Gasteiger partial charge is 0.298 e. The fourth-order valence-electron chi connectivity index (χ4n) is 0.884. The van der Waals surface area contributed by atoms with Gasteiger partial charge in [-0.2, -0.15) is 5.26 Å². The fourth-order valence-corrected chi connectivity index (χ4v) is 1.10. The van der Waals surface area contributed by atoms with Crippen LogP contribution >= 0.6 is 11.6 Å². The lowest BCUT2D eigenvalue weighted by Crippen LogP contribution is -2.05. The molecule has 0 aliphatic carbocycles. The Kier molecular flexibility index (Phi) is 3.00. The van der Waals surface area contributed by atoms with E-state index in [1.54, 1.807) is 0 Å². The first-order valence-electron chi connectivity index (χ1n) is 3.30. The highest BCUT2D eigenvalue weighted by atomic mass is 35.5. The topological polar surface area (TPSA) is 63.6 Å². The Balaban J connectivity index is 3.28. The van der Waals surface area contributed by atoms with E-state index in [1.165, 1.54) is 18.2 Å². The van der Waals surface area contributed by atoms with Crippen molar-refractivity contribution < 1.29 is 19.7 Å². The molecule has 0 aliphatic rings. The van der Waals surface area contributed by atoms with Gasteiger partial charge >= 0.3 is 5.97 Å². The van der Waals surface area contributed by atoms with Crippen LogP contribution in [0.1, 0.15) is 20.7 Å². The molecule has 0 bridgehead atoms. The average molecular weight is 201 g/mol. The average Bonchev–Trinajstić information content (AvgIpc) is 2.16. The molecule has 0 fully saturated rings. The number of carbonyl (C=O) groups is 2. The molecule has 13 heavy (non-hydrogen) atoms. The molecular formula is C8H5ClO4. The van der Waals surface area contributed by atoms with E-state index in [1.807, 2.05) is 0 Å². The van der Waals surface area contributed by atoms with Gasteiger partial charge in [0, 0.05) is 5.56 Å². The lowest BCUT2D eigenvalue weighted by atomic mass is 10.1. The van der Waals surface area contributed by atoms with Crippen molar-refractivity contribution in [2.75, 3.05) is 0 Å². The van der Waals surface area contributed by atoms with E-state index >= 15 is 0 Å². The summed E-state index contributed by atoms with van der Waals surface area (Å²) in [5.41, 5.74) is -0.0618. The molecule has 0 atom stereocenters. The van der Waals surface area contributed by atoms with Crippen LogP contribution in [0, 0.1) is 0 Å². The highest BCUT2D eigenvalue weighted by Gasteiger charge is 2.14. The van der Waals surface area contributed by atoms with Crippen LogP contribution in [0.5, 0.6) is 0 Å². The fraction of sp³-hybridized carbons (Fsp3) is 0. The number of rotatable bonds is 2. The van der Waals surface area contributed by atoms with Crippen molar-refractivity contribution in [3.63, 3.8) is 0 Å². The summed E-state index contributed by atoms with van der Waals surface area (Å²) in [6, 6.07) is 4.26. The molecule has 68 valence electrons. The number of hydrogen-bond donors (Lipinski definition) is 1. The molecule has 1 N–H and O–H groups in total. The van der Waals surface area contributed by atoms with Crippen LogP contribution in [-0.2, 0) is 4.89 Å². The van der Waals surface area contributed by atoms with Gasteiger partial charge in [0.25, 0.3) is 0 Å². The largest absolute Gasteiger partial charge is 0.373 e. The molecule has 0 aromatic heterocycles. The Hall–Kier alpha value is -1.39. The number of carbonyl (C=O) groups excluding carboxylic acids is 2. The van der Waals surface area contributed by atoms with Gasteiger partial charge in [-0.15, -0.1) is 0 Å². The summed E-state index contributed by atoms with van der Waals surface area (Å²) in [6.45, 7) is 0. The van der Waals surface area contributed by atoms with Crippen LogP contribution in [0.4, 0.5) is 0 Å². The summed E-state index contributed by atoms with van der Waals surface area (Å²) in [4.78, 5) is 24.8. The molecule has 4 nitrogen and oxygen atoms in total. The van der Waals surface area contributed by atoms with Crippen LogP contribution in [0.3, 0.4) is 0 Å². The minimum absolute atomic E-state index is 0.00298. The van der Waals surface area contributed by atoms with Gasteiger partial charge in [0.05, 0.1) is 10.6 Å². The molecule has 0 saturated carbocycles. The van der Waals surface area contributed by atoms with Crippen molar-refractivity contribution in [1.82, 2.24) is 0 Å². The molecule has 0 heterocycles. The van der Waals surface area contributed by atoms with Gasteiger partial charge in [-0.25, -0.2) is 4.79 Å². The Morgan fingerprint density at radius 2 is 2.23 bits per heavy atom. The van der Waals surface area contributed by atoms with Crippen molar-refractivity contribution in [2.45, 2.75) is 0 Å². The van der Waals surface area contributed by atoms with E-state index in [2.05, 4.69) is 4.89 Å². The van der Waals surface area contributed by atoms with Gasteiger partial charge in [0.15, 0.2) is 6.29 Å². The Labute approximate surface area is 78.6 Å². The Morgan fingerprint density at radius 1 is 1.54 bits per heavy atom. The molecule has 1 aromatic carbocycles. The minimum Gasteiger partial charge on any atom is -0.298 e. The van der Waals surface area contributed by atoms with Gasteiger partial charge in [0.2, 0.25) is 0 Å². The quantitative estimate of drug-likeness (QED) is 0.449. The van der Waals surface area contributed by atoms with Crippen molar-refractivity contribution in [3.05, 3.63) is 34.3 Å². The molecule has 0 spiro atoms. The van der Waals surface area contributed by atoms with Crippen LogP contribution in [0.2, 0.25) is 5.02 Å². The third-order valence-corrected chi connectivity index (χ3v) is 1.80. The molecule has 0 unspecified atom stereocenters. The van der Waals surface area contributed by atoms with Gasteiger partial charge in [-0.05, 0) is 12.1 Å². The first kappa shape index (κ1) is 9.70. The lowest BCUT2D eigenvalue weighted by Gasteiger charge is -2.01. The molecule has 1 rings (SSSR count). The zero-order valence-corrected chi connectivity index (χ0v) is 7.12. The summed E-state index contributed by atoms with van der Waals surface area (Å²) >= 11 is 5.61. The molecule has 0 saturated heterocycles. The van der Waals surface area contributed by atoms with E-state index in [0.29, 0.717) is 6.29 Å². The van der Waals surface area contributed by atoms with Crippen molar-refractivity contribution in [3.8, 4) is 0 Å². The second kappa shape index (κ2) is 4.02. The third-order valence-electron chi connectivity index (χ3n) is 1.47. The second-order valence-corrected chi connectivity index (χ2v) is 2.60. The van der Waals surface area contributed by atoms with Gasteiger partial charge < -0.3 is 0 Å². The molecular weight excluding hydrogens is 196 g/mol. The highest BCUT2D eigenvalue weighted by Crippen LogP contribution is 2.18. The maximum atomic E-state index is 10.9. The Bertz CT molecular complexity index is 348. The summed E-state index contributed by atoms with van der Waals surface area (Å²) < 4.78 is 0. The maximum Gasteiger partial charge on any atom is 0.373 e. The third kappa shape index (κ3) is 1.85. The number of hydrogen-bond acceptors (Lipinski definition) is 4. The van der Waals surface area contributed by atoms with E-state index < -0.39 is 5.97 Å². The number of aldehydes is 1. The molecule has 1 aromatic rings. The summed E-state index contributed by atoms with van der Waals surface area (Å²) in [5, 5.41) is 8.23. The Morgan fingerprint density at radius 3 is 2.77 bits per heavy atom. The minimum atomic E-state index is -1.01. The van der Waals surface area contributed by atoms with Crippen LogP contribution in [-0.4, -0.2) is 17.5 Å². The summed E-state index contributed by atoms with van der Waals surface area (Å²) in [5.74, 6) is -1.01. The predicted octanol–water partition coefficient (Wildman–Crippen LogP) is 1.78. The first-order chi connectivity index (χ1) is 6.20. The van der Waals surface area contributed by atoms with Crippen molar-refractivity contribution in [2.24, 2.45) is 0 Å². The predicted molar refractivity (Wildman–Crippen MR) is 44.9 cm³/mol. The normalized spacial score (nSPS) is 9.38. The lowest BCUT2D eigenvalue weighted by molar-refractivity contribution is -0.182. The molecule has 0 radical (unpaired) electrons. The SMILES string of the molecule is O=Cc1c(Cl)cccc1C(=O)OO. The van der Waals surface area contributed by atoms with Gasteiger partial charge in [-0.3, -0.25) is 9.68 Å². The summed E-state index contributed by atoms with van der Waals surface area (Å²) in [7, 11) is 0. The van der Waals surface area contributed by atoms with E-state index in [9.17, 15) is 9.59 Å². The molecule has 5 heteroatoms. The summed E-state index contributed by atoms with van der Waals surface area (Å²) in [6.07, 6.45) is 0.425. The van der Waals surface area contributed by atoms with Crippen LogP contribution in [0.25, 0.3) is 0 Å². The zero-order valence-electron chi connectivity index (χ0n) is 6.36. The van der Waals surface area contributed by atoms with Crippen LogP contribution < -0.4 is 0 Å². The standard InChI is InChI=1S/C8H5ClO4/c9-7-3-1-2-5(6(7)4-10)8(11)13-12/h1-4,12H. The van der Waals surface area contributed by atoms with E-state index in [-0.39, 0.29) is 16.1 Å². The highest BCUT2D eigenvalue weighted by molar-refractivity contribution is 6.33.